The topological polar surface area (TPSA) is 61.9 Å². The Balaban J connectivity index is 1.50. The van der Waals surface area contributed by atoms with Crippen molar-refractivity contribution in [2.45, 2.75) is 44.2 Å². The van der Waals surface area contributed by atoms with E-state index in [0.717, 1.165) is 31.4 Å². The van der Waals surface area contributed by atoms with Crippen LogP contribution in [-0.2, 0) is 4.79 Å². The van der Waals surface area contributed by atoms with Crippen molar-refractivity contribution in [2.75, 3.05) is 24.5 Å². The van der Waals surface area contributed by atoms with Crippen molar-refractivity contribution in [3.05, 3.63) is 23.2 Å². The average Bonchev–Trinajstić information content (AvgIpc) is 3.13. The number of fused-ring (bicyclic) bond motifs is 1. The number of urea groups is 1. The minimum Gasteiger partial charge on any atom is -0.485 e. The molecule has 134 valence electrons. The summed E-state index contributed by atoms with van der Waals surface area (Å²) < 4.78 is 5.85. The first kappa shape index (κ1) is 16.5. The number of carbonyl (C=O) groups is 2. The minimum atomic E-state index is -0.642. The fourth-order valence-corrected chi connectivity index (χ4v) is 4.35. The number of anilines is 1. The predicted molar refractivity (Wildman–Crippen MR) is 95.2 cm³/mol. The van der Waals surface area contributed by atoms with E-state index in [1.165, 1.54) is 4.90 Å². The third-order valence-corrected chi connectivity index (χ3v) is 5.68. The summed E-state index contributed by atoms with van der Waals surface area (Å²) >= 11 is 6.25. The molecule has 3 aliphatic rings. The van der Waals surface area contributed by atoms with Crippen molar-refractivity contribution in [1.29, 1.82) is 0 Å². The van der Waals surface area contributed by atoms with E-state index in [1.807, 2.05) is 19.1 Å². The van der Waals surface area contributed by atoms with Gasteiger partial charge in [-0.25, -0.2) is 4.79 Å². The van der Waals surface area contributed by atoms with Gasteiger partial charge in [0.25, 0.3) is 5.91 Å². The number of imide groups is 1. The predicted octanol–water partition coefficient (Wildman–Crippen LogP) is 2.79. The molecular formula is C18H22ClN3O3. The molecule has 1 atom stereocenters. The minimum absolute atomic E-state index is 0.00307. The first-order valence-electron chi connectivity index (χ1n) is 8.84. The van der Waals surface area contributed by atoms with E-state index in [1.54, 1.807) is 6.07 Å². The summed E-state index contributed by atoms with van der Waals surface area (Å²) in [4.78, 5) is 28.6. The van der Waals surface area contributed by atoms with E-state index in [4.69, 9.17) is 16.3 Å². The highest BCUT2D eigenvalue weighted by molar-refractivity contribution is 6.32. The zero-order chi connectivity index (χ0) is 17.6. The lowest BCUT2D eigenvalue weighted by Crippen LogP contribution is -2.46. The van der Waals surface area contributed by atoms with Crippen LogP contribution in [0.15, 0.2) is 18.2 Å². The van der Waals surface area contributed by atoms with Gasteiger partial charge in [0, 0.05) is 13.1 Å². The molecule has 1 saturated carbocycles. The highest BCUT2D eigenvalue weighted by Crippen LogP contribution is 2.39. The smallest absolute Gasteiger partial charge is 0.325 e. The van der Waals surface area contributed by atoms with Gasteiger partial charge in [-0.05, 0) is 31.9 Å². The second kappa shape index (κ2) is 6.09. The van der Waals surface area contributed by atoms with Gasteiger partial charge in [0.2, 0.25) is 0 Å². The molecule has 2 aliphatic heterocycles. The van der Waals surface area contributed by atoms with Gasteiger partial charge >= 0.3 is 6.03 Å². The van der Waals surface area contributed by atoms with E-state index in [2.05, 4.69) is 10.2 Å². The molecule has 1 aliphatic carbocycles. The molecule has 7 heteroatoms. The van der Waals surface area contributed by atoms with E-state index in [9.17, 15) is 9.59 Å². The number of halogens is 1. The first-order chi connectivity index (χ1) is 12.0. The molecule has 4 rings (SSSR count). The number of carbonyl (C=O) groups excluding carboxylic acids is 2. The summed E-state index contributed by atoms with van der Waals surface area (Å²) in [6, 6.07) is 5.38. The summed E-state index contributed by atoms with van der Waals surface area (Å²) in [6.45, 7) is 3.62. The second-order valence-corrected chi connectivity index (χ2v) is 7.55. The first-order valence-corrected chi connectivity index (χ1v) is 9.22. The van der Waals surface area contributed by atoms with Crippen molar-refractivity contribution < 1.29 is 14.3 Å². The number of nitrogens with one attached hydrogen (secondary N) is 1. The summed E-state index contributed by atoms with van der Waals surface area (Å²) in [5.74, 6) is 0.606. The van der Waals surface area contributed by atoms with Gasteiger partial charge in [0.1, 0.15) is 11.6 Å². The molecule has 25 heavy (non-hydrogen) atoms. The van der Waals surface area contributed by atoms with Crippen LogP contribution in [0.5, 0.6) is 5.75 Å². The molecule has 0 unspecified atom stereocenters. The zero-order valence-corrected chi connectivity index (χ0v) is 15.0. The number of para-hydroxylation sites is 1. The number of benzene rings is 1. The third-order valence-electron chi connectivity index (χ3n) is 5.38. The van der Waals surface area contributed by atoms with Crippen LogP contribution < -0.4 is 15.0 Å². The molecule has 1 N–H and O–H groups in total. The van der Waals surface area contributed by atoms with Crippen LogP contribution in [0.1, 0.15) is 32.6 Å². The lowest BCUT2D eigenvalue weighted by atomic mass is 9.98. The SMILES string of the molecule is C[C@H]1CN(CCN2C(=O)NC3(CCCC3)C2=O)c2cccc(Cl)c2O1. The highest BCUT2D eigenvalue weighted by Gasteiger charge is 2.52. The molecular weight excluding hydrogens is 342 g/mol. The normalized spacial score (nSPS) is 24.5. The number of rotatable bonds is 3. The van der Waals surface area contributed by atoms with Gasteiger partial charge in [-0.1, -0.05) is 30.5 Å². The van der Waals surface area contributed by atoms with Crippen molar-refractivity contribution >= 4 is 29.2 Å². The van der Waals surface area contributed by atoms with Crippen LogP contribution in [0.25, 0.3) is 0 Å². The standard InChI is InChI=1S/C18H22ClN3O3/c1-12-11-21(14-6-4-5-13(19)15(14)25-12)9-10-22-16(23)18(20-17(22)24)7-2-3-8-18/h4-6,12H,2-3,7-11H2,1H3,(H,20,24)/t12-/m0/s1. The number of amides is 3. The Bertz CT molecular complexity index is 718. The molecule has 1 spiro atoms. The highest BCUT2D eigenvalue weighted by atomic mass is 35.5. The van der Waals surface area contributed by atoms with Crippen LogP contribution in [-0.4, -0.2) is 48.1 Å². The summed E-state index contributed by atoms with van der Waals surface area (Å²) in [7, 11) is 0. The van der Waals surface area contributed by atoms with Gasteiger partial charge in [0.15, 0.2) is 5.75 Å². The van der Waals surface area contributed by atoms with Gasteiger partial charge in [-0.3, -0.25) is 9.69 Å². The van der Waals surface area contributed by atoms with Crippen LogP contribution >= 0.6 is 11.6 Å². The van der Waals surface area contributed by atoms with Crippen molar-refractivity contribution in [3.63, 3.8) is 0 Å². The quantitative estimate of drug-likeness (QED) is 0.839. The monoisotopic (exact) mass is 363 g/mol. The average molecular weight is 364 g/mol. The molecule has 2 fully saturated rings. The Kier molecular flexibility index (Phi) is 4.02. The van der Waals surface area contributed by atoms with E-state index in [-0.39, 0.29) is 18.0 Å². The van der Waals surface area contributed by atoms with E-state index < -0.39 is 5.54 Å². The van der Waals surface area contributed by atoms with Gasteiger partial charge < -0.3 is 15.0 Å². The number of ether oxygens (including phenoxy) is 1. The lowest BCUT2D eigenvalue weighted by Gasteiger charge is -2.36. The van der Waals surface area contributed by atoms with Gasteiger partial charge in [-0.2, -0.15) is 0 Å². The number of hydrogen-bond donors (Lipinski definition) is 1. The molecule has 1 aromatic carbocycles. The number of hydrogen-bond acceptors (Lipinski definition) is 4. The molecule has 1 aromatic rings. The molecule has 2 heterocycles. The Morgan fingerprint density at radius 2 is 2.04 bits per heavy atom. The maximum atomic E-state index is 12.8. The summed E-state index contributed by atoms with van der Waals surface area (Å²) in [6.07, 6.45) is 3.48. The molecule has 0 aromatic heterocycles. The molecule has 0 radical (unpaired) electrons. The largest absolute Gasteiger partial charge is 0.485 e. The van der Waals surface area contributed by atoms with E-state index in [0.29, 0.717) is 30.4 Å². The molecule has 0 bridgehead atoms. The van der Waals surface area contributed by atoms with E-state index >= 15 is 0 Å². The third kappa shape index (κ3) is 2.72. The Morgan fingerprint density at radius 1 is 1.28 bits per heavy atom. The summed E-state index contributed by atoms with van der Waals surface area (Å²) in [5, 5.41) is 3.50. The Hall–Kier alpha value is -1.95. The lowest BCUT2D eigenvalue weighted by molar-refractivity contribution is -0.131. The van der Waals surface area contributed by atoms with Crippen molar-refractivity contribution in [1.82, 2.24) is 10.2 Å². The summed E-state index contributed by atoms with van der Waals surface area (Å²) in [5.41, 5.74) is 0.268. The molecule has 3 amide bonds. The van der Waals surface area contributed by atoms with Crippen molar-refractivity contribution in [3.8, 4) is 5.75 Å². The fourth-order valence-electron chi connectivity index (χ4n) is 4.14. The van der Waals surface area contributed by atoms with Crippen LogP contribution in [0, 0.1) is 0 Å². The van der Waals surface area contributed by atoms with Crippen LogP contribution in [0.3, 0.4) is 0 Å². The Morgan fingerprint density at radius 3 is 2.80 bits per heavy atom. The van der Waals surface area contributed by atoms with Gasteiger partial charge in [-0.15, -0.1) is 0 Å². The van der Waals surface area contributed by atoms with Gasteiger partial charge in [0.05, 0.1) is 17.3 Å². The van der Waals surface area contributed by atoms with Crippen LogP contribution in [0.2, 0.25) is 5.02 Å². The van der Waals surface area contributed by atoms with Crippen LogP contribution in [0.4, 0.5) is 10.5 Å². The fraction of sp³-hybridized carbons (Fsp3) is 0.556. The van der Waals surface area contributed by atoms with Crippen molar-refractivity contribution in [2.24, 2.45) is 0 Å². The Labute approximate surface area is 152 Å². The molecule has 1 saturated heterocycles. The number of nitrogens with zero attached hydrogens (tertiary/aromatic N) is 2. The maximum absolute atomic E-state index is 12.8. The maximum Gasteiger partial charge on any atom is 0.325 e. The molecule has 6 nitrogen and oxygen atoms in total. The zero-order valence-electron chi connectivity index (χ0n) is 14.3. The second-order valence-electron chi connectivity index (χ2n) is 7.14.